The van der Waals surface area contributed by atoms with Gasteiger partial charge in [0.05, 0.1) is 0 Å². The van der Waals surface area contributed by atoms with Crippen molar-refractivity contribution in [2.75, 3.05) is 13.1 Å². The second kappa shape index (κ2) is 15.4. The Bertz CT molecular complexity index is 1540. The summed E-state index contributed by atoms with van der Waals surface area (Å²) in [5.74, 6) is 0.191. The molecule has 0 spiro atoms. The van der Waals surface area contributed by atoms with Crippen LogP contribution in [0.2, 0.25) is 0 Å². The molecule has 4 aromatic rings. The summed E-state index contributed by atoms with van der Waals surface area (Å²) in [7, 11) is -4.04. The van der Waals surface area contributed by atoms with Crippen LogP contribution >= 0.6 is 7.60 Å². The molecule has 2 amide bonds. The highest BCUT2D eigenvalue weighted by atomic mass is 31.2. The highest BCUT2D eigenvalue weighted by molar-refractivity contribution is 7.55. The molecule has 10 heteroatoms. The molecule has 9 nitrogen and oxygen atoms in total. The van der Waals surface area contributed by atoms with Gasteiger partial charge < -0.3 is 29.7 Å². The van der Waals surface area contributed by atoms with Crippen molar-refractivity contribution >= 4 is 19.4 Å². The number of likely N-dealkylation sites (tertiary alicyclic amines) is 1. The van der Waals surface area contributed by atoms with Crippen molar-refractivity contribution in [2.45, 2.75) is 43.9 Å². The van der Waals surface area contributed by atoms with Crippen molar-refractivity contribution < 1.29 is 27.9 Å². The number of unbranched alkanes of at least 4 members (excludes halogenated alkanes) is 1. The molecule has 1 aliphatic rings. The first-order valence-corrected chi connectivity index (χ1v) is 16.8. The maximum absolute atomic E-state index is 14.6. The first-order valence-electron chi connectivity index (χ1n) is 15.2. The Balaban J connectivity index is 1.36. The van der Waals surface area contributed by atoms with Crippen LogP contribution in [0.15, 0.2) is 115 Å². The molecule has 1 heterocycles. The maximum Gasteiger partial charge on any atom is 0.452 e. The summed E-state index contributed by atoms with van der Waals surface area (Å²) in [6.45, 7) is 0.860. The van der Waals surface area contributed by atoms with E-state index < -0.39 is 25.3 Å². The van der Waals surface area contributed by atoms with E-state index in [1.165, 1.54) is 0 Å². The van der Waals surface area contributed by atoms with Gasteiger partial charge in [-0.25, -0.2) is 4.57 Å². The van der Waals surface area contributed by atoms with E-state index >= 15 is 0 Å². The predicted molar refractivity (Wildman–Crippen MR) is 174 cm³/mol. The van der Waals surface area contributed by atoms with Crippen molar-refractivity contribution in [3.63, 3.8) is 0 Å². The normalized spacial score (nSPS) is 15.2. The van der Waals surface area contributed by atoms with Gasteiger partial charge in [-0.05, 0) is 93.2 Å². The molecular formula is C35H38N3O6P. The smallest absolute Gasteiger partial charge is 0.452 e. The summed E-state index contributed by atoms with van der Waals surface area (Å²) in [5, 5.41) is 2.97. The molecule has 3 N–H and O–H groups in total. The van der Waals surface area contributed by atoms with Crippen molar-refractivity contribution in [3.05, 3.63) is 121 Å². The van der Waals surface area contributed by atoms with Gasteiger partial charge in [0.15, 0.2) is 5.78 Å². The Morgan fingerprint density at radius 3 is 1.98 bits per heavy atom. The third kappa shape index (κ3) is 8.53. The minimum Gasteiger partial charge on any atom is -0.457 e. The van der Waals surface area contributed by atoms with Crippen molar-refractivity contribution in [3.8, 4) is 23.0 Å². The van der Waals surface area contributed by atoms with Gasteiger partial charge in [-0.2, -0.15) is 0 Å². The summed E-state index contributed by atoms with van der Waals surface area (Å²) >= 11 is 0. The number of para-hydroxylation sites is 3. The van der Waals surface area contributed by atoms with E-state index in [4.69, 9.17) is 19.5 Å². The molecule has 1 saturated heterocycles. The van der Waals surface area contributed by atoms with Gasteiger partial charge in [-0.3, -0.25) is 9.59 Å². The molecule has 0 saturated carbocycles. The van der Waals surface area contributed by atoms with Crippen molar-refractivity contribution in [1.82, 2.24) is 10.2 Å². The van der Waals surface area contributed by atoms with Gasteiger partial charge in [0.1, 0.15) is 29.0 Å². The lowest BCUT2D eigenvalue weighted by Gasteiger charge is -2.30. The molecule has 1 aliphatic heterocycles. The van der Waals surface area contributed by atoms with Gasteiger partial charge >= 0.3 is 7.60 Å². The lowest BCUT2D eigenvalue weighted by Crippen LogP contribution is -2.49. The summed E-state index contributed by atoms with van der Waals surface area (Å²) in [4.78, 5) is 29.2. The Labute approximate surface area is 263 Å². The van der Waals surface area contributed by atoms with E-state index in [0.29, 0.717) is 73.8 Å². The highest BCUT2D eigenvalue weighted by Crippen LogP contribution is 2.53. The fraction of sp³-hybridized carbons (Fsp3) is 0.257. The predicted octanol–water partition coefficient (Wildman–Crippen LogP) is 7.01. The quantitative estimate of drug-likeness (QED) is 0.114. The molecule has 2 unspecified atom stereocenters. The van der Waals surface area contributed by atoms with Crippen molar-refractivity contribution in [2.24, 2.45) is 5.73 Å². The second-order valence-electron chi connectivity index (χ2n) is 10.8. The molecule has 0 aromatic heterocycles. The fourth-order valence-corrected chi connectivity index (χ4v) is 7.13. The van der Waals surface area contributed by atoms with Crippen LogP contribution in [-0.2, 0) is 9.36 Å². The standard InChI is InChI=1S/C35H38N3O6P/c36-24-11-10-23-33(45(41,43-29-17-6-2-7-18-29)44-30-19-8-3-9-20-30)37-34(39)32-22-13-25-38(32)35(40)27-14-12-21-31(26-27)42-28-15-4-1-5-16-28/h1-9,12,14-21,26,32-33H,10-11,13,22-25,36H2,(H,37,39). The second-order valence-corrected chi connectivity index (χ2v) is 12.8. The van der Waals surface area contributed by atoms with Gasteiger partial charge in [-0.1, -0.05) is 60.7 Å². The number of carbonyl (C=O) groups excluding carboxylic acids is 2. The molecular weight excluding hydrogens is 589 g/mol. The van der Waals surface area contributed by atoms with Crippen LogP contribution in [0, 0.1) is 0 Å². The minimum atomic E-state index is -4.04. The van der Waals surface area contributed by atoms with E-state index in [9.17, 15) is 14.2 Å². The molecule has 0 bridgehead atoms. The zero-order valence-corrected chi connectivity index (χ0v) is 25.9. The number of carbonyl (C=O) groups is 2. The molecule has 0 radical (unpaired) electrons. The summed E-state index contributed by atoms with van der Waals surface area (Å²) in [5.41, 5.74) is 6.17. The number of ether oxygens (including phenoxy) is 1. The minimum absolute atomic E-state index is 0.282. The number of hydrogen-bond donors (Lipinski definition) is 2. The van der Waals surface area contributed by atoms with E-state index in [1.54, 1.807) is 77.7 Å². The zero-order chi connectivity index (χ0) is 31.5. The SMILES string of the molecule is NCCCCC(NC(=O)C1CCCN1C(=O)c1cccc(Oc2ccccc2)c1)P(=O)(Oc1ccccc1)Oc1ccccc1. The highest BCUT2D eigenvalue weighted by Gasteiger charge is 2.43. The Morgan fingerprint density at radius 1 is 0.800 bits per heavy atom. The van der Waals surface area contributed by atoms with E-state index in [-0.39, 0.29) is 5.91 Å². The van der Waals surface area contributed by atoms with Crippen LogP contribution in [0.25, 0.3) is 0 Å². The average Bonchev–Trinajstić information content (AvgIpc) is 3.56. The number of benzene rings is 4. The first-order chi connectivity index (χ1) is 21.9. The van der Waals surface area contributed by atoms with Crippen LogP contribution in [0.1, 0.15) is 42.5 Å². The number of nitrogens with one attached hydrogen (secondary N) is 1. The lowest BCUT2D eigenvalue weighted by molar-refractivity contribution is -0.125. The topological polar surface area (TPSA) is 120 Å². The molecule has 5 rings (SSSR count). The maximum atomic E-state index is 14.6. The van der Waals surface area contributed by atoms with Gasteiger partial charge in [0.2, 0.25) is 5.91 Å². The lowest BCUT2D eigenvalue weighted by atomic mass is 10.1. The molecule has 234 valence electrons. The molecule has 4 aromatic carbocycles. The Hall–Kier alpha value is -4.59. The first kappa shape index (κ1) is 31.8. The third-order valence-corrected chi connectivity index (χ3v) is 9.53. The number of rotatable bonds is 14. The van der Waals surface area contributed by atoms with Crippen LogP contribution in [0.3, 0.4) is 0 Å². The third-order valence-electron chi connectivity index (χ3n) is 7.45. The molecule has 0 aliphatic carbocycles. The van der Waals surface area contributed by atoms with Gasteiger partial charge in [0.25, 0.3) is 5.91 Å². The summed E-state index contributed by atoms with van der Waals surface area (Å²) < 4.78 is 32.7. The molecule has 45 heavy (non-hydrogen) atoms. The van der Waals surface area contributed by atoms with Crippen molar-refractivity contribution in [1.29, 1.82) is 0 Å². The Kier molecular flexibility index (Phi) is 10.9. The zero-order valence-electron chi connectivity index (χ0n) is 25.0. The fourth-order valence-electron chi connectivity index (χ4n) is 5.22. The van der Waals surface area contributed by atoms with E-state index in [2.05, 4.69) is 5.32 Å². The Morgan fingerprint density at radius 2 is 1.38 bits per heavy atom. The van der Waals surface area contributed by atoms with Crippen LogP contribution in [0.5, 0.6) is 23.0 Å². The van der Waals surface area contributed by atoms with Crippen LogP contribution in [-0.4, -0.2) is 41.6 Å². The number of nitrogens with zero attached hydrogens (tertiary/aromatic N) is 1. The average molecular weight is 628 g/mol. The summed E-state index contributed by atoms with van der Waals surface area (Å²) in [6, 6.07) is 32.9. The van der Waals surface area contributed by atoms with Crippen LogP contribution in [0.4, 0.5) is 0 Å². The van der Waals surface area contributed by atoms with E-state index in [0.717, 1.165) is 0 Å². The van der Waals surface area contributed by atoms with E-state index in [1.807, 2.05) is 42.5 Å². The number of amides is 2. The number of nitrogens with two attached hydrogens (primary N) is 1. The van der Waals surface area contributed by atoms with Crippen LogP contribution < -0.4 is 24.8 Å². The largest absolute Gasteiger partial charge is 0.457 e. The molecule has 2 atom stereocenters. The summed E-state index contributed by atoms with van der Waals surface area (Å²) in [6.07, 6.45) is 2.68. The van der Waals surface area contributed by atoms with Gasteiger partial charge in [-0.15, -0.1) is 0 Å². The van der Waals surface area contributed by atoms with Gasteiger partial charge in [0, 0.05) is 12.1 Å². The number of hydrogen-bond acceptors (Lipinski definition) is 7. The molecule has 1 fully saturated rings. The monoisotopic (exact) mass is 627 g/mol.